The molecule has 132 valence electrons. The minimum Gasteiger partial charge on any atom is -0.425 e. The van der Waals surface area contributed by atoms with Crippen LogP contribution in [0, 0.1) is 11.3 Å². The Labute approximate surface area is 158 Å². The molecule has 1 spiro atoms. The molecule has 0 radical (unpaired) electrons. The molecule has 0 bridgehead atoms. The van der Waals surface area contributed by atoms with Crippen LogP contribution in [0.4, 0.5) is 11.6 Å². The molecule has 3 heterocycles. The Hall–Kier alpha value is -2.79. The lowest BCUT2D eigenvalue weighted by Gasteiger charge is -2.30. The van der Waals surface area contributed by atoms with E-state index in [1.165, 1.54) is 0 Å². The topological polar surface area (TPSA) is 117 Å². The van der Waals surface area contributed by atoms with Crippen molar-refractivity contribution in [3.05, 3.63) is 51.2 Å². The predicted molar refractivity (Wildman–Crippen MR) is 99.1 cm³/mol. The normalized spacial score (nSPS) is 20.4. The fraction of sp³-hybridized carbons (Fsp3) is 0.278. The summed E-state index contributed by atoms with van der Waals surface area (Å²) in [5, 5.41) is 15.5. The third-order valence-electron chi connectivity index (χ3n) is 4.75. The highest BCUT2D eigenvalue weighted by Crippen LogP contribution is 2.52. The van der Waals surface area contributed by atoms with E-state index in [1.54, 1.807) is 6.07 Å². The summed E-state index contributed by atoms with van der Waals surface area (Å²) < 4.78 is 6.60. The number of nitriles is 1. The van der Waals surface area contributed by atoms with Crippen molar-refractivity contribution in [3.63, 3.8) is 0 Å². The fourth-order valence-electron chi connectivity index (χ4n) is 3.54. The SMILES string of the molecule is CCCCc1nc2c(o1)NC(N)=C(C#N)C21C(=O)Nc2ccc(Br)cc21. The molecule has 1 atom stereocenters. The van der Waals surface area contributed by atoms with Gasteiger partial charge in [0.15, 0.2) is 11.3 Å². The highest BCUT2D eigenvalue weighted by Gasteiger charge is 2.58. The van der Waals surface area contributed by atoms with Gasteiger partial charge < -0.3 is 20.8 Å². The molecule has 1 aromatic heterocycles. The van der Waals surface area contributed by atoms with Gasteiger partial charge in [-0.1, -0.05) is 29.3 Å². The minimum absolute atomic E-state index is 0.0983. The van der Waals surface area contributed by atoms with Crippen LogP contribution >= 0.6 is 15.9 Å². The molecule has 0 aliphatic carbocycles. The minimum atomic E-state index is -1.41. The first-order valence-electron chi connectivity index (χ1n) is 8.31. The summed E-state index contributed by atoms with van der Waals surface area (Å²) in [6.45, 7) is 2.08. The van der Waals surface area contributed by atoms with Crippen molar-refractivity contribution in [2.75, 3.05) is 10.6 Å². The lowest BCUT2D eigenvalue weighted by atomic mass is 9.71. The van der Waals surface area contributed by atoms with E-state index in [0.29, 0.717) is 35.1 Å². The van der Waals surface area contributed by atoms with Crippen LogP contribution in [0.25, 0.3) is 0 Å². The Morgan fingerprint density at radius 2 is 2.23 bits per heavy atom. The average Bonchev–Trinajstić information content (AvgIpc) is 3.13. The molecular formula is C18H16BrN5O2. The summed E-state index contributed by atoms with van der Waals surface area (Å²) in [7, 11) is 0. The summed E-state index contributed by atoms with van der Waals surface area (Å²) in [4.78, 5) is 17.7. The van der Waals surface area contributed by atoms with E-state index >= 15 is 0 Å². The van der Waals surface area contributed by atoms with Crippen LogP contribution in [0.15, 0.2) is 38.5 Å². The molecule has 0 saturated heterocycles. The van der Waals surface area contributed by atoms with E-state index < -0.39 is 5.41 Å². The summed E-state index contributed by atoms with van der Waals surface area (Å²) in [6, 6.07) is 7.53. The number of aryl methyl sites for hydroxylation is 1. The number of anilines is 2. The average molecular weight is 414 g/mol. The van der Waals surface area contributed by atoms with Gasteiger partial charge in [-0.2, -0.15) is 5.26 Å². The van der Waals surface area contributed by atoms with Gasteiger partial charge in [0.05, 0.1) is 5.57 Å². The predicted octanol–water partition coefficient (Wildman–Crippen LogP) is 3.14. The number of nitrogens with zero attached hydrogens (tertiary/aromatic N) is 2. The summed E-state index contributed by atoms with van der Waals surface area (Å²) in [5.41, 5.74) is 6.44. The zero-order valence-corrected chi connectivity index (χ0v) is 15.6. The molecule has 2 aromatic rings. The Morgan fingerprint density at radius 3 is 2.96 bits per heavy atom. The number of nitrogens with two attached hydrogens (primary N) is 1. The number of unbranched alkanes of at least 4 members (excludes halogenated alkanes) is 1. The Morgan fingerprint density at radius 1 is 1.42 bits per heavy atom. The zero-order chi connectivity index (χ0) is 18.5. The number of nitrogens with one attached hydrogen (secondary N) is 2. The Bertz CT molecular complexity index is 1000. The smallest absolute Gasteiger partial charge is 0.246 e. The highest BCUT2D eigenvalue weighted by molar-refractivity contribution is 9.10. The second kappa shape index (κ2) is 5.88. The fourth-order valence-corrected chi connectivity index (χ4v) is 3.91. The molecule has 26 heavy (non-hydrogen) atoms. The van der Waals surface area contributed by atoms with E-state index in [2.05, 4.69) is 44.5 Å². The summed E-state index contributed by atoms with van der Waals surface area (Å²) in [5.74, 6) is 0.576. The molecule has 4 rings (SSSR count). The van der Waals surface area contributed by atoms with Crippen molar-refractivity contribution in [3.8, 4) is 6.07 Å². The molecule has 2 aliphatic heterocycles. The van der Waals surface area contributed by atoms with Gasteiger partial charge >= 0.3 is 0 Å². The summed E-state index contributed by atoms with van der Waals surface area (Å²) >= 11 is 3.44. The number of halogens is 1. The van der Waals surface area contributed by atoms with E-state index in [9.17, 15) is 10.1 Å². The third kappa shape index (κ3) is 2.10. The van der Waals surface area contributed by atoms with E-state index in [0.717, 1.165) is 17.3 Å². The number of hydrogen-bond donors (Lipinski definition) is 3. The summed E-state index contributed by atoms with van der Waals surface area (Å²) in [6.07, 6.45) is 2.55. The van der Waals surface area contributed by atoms with Crippen LogP contribution in [0.2, 0.25) is 0 Å². The maximum absolute atomic E-state index is 13.1. The quantitative estimate of drug-likeness (QED) is 0.711. The van der Waals surface area contributed by atoms with Gasteiger partial charge in [0.1, 0.15) is 17.6 Å². The van der Waals surface area contributed by atoms with Crippen molar-refractivity contribution in [2.24, 2.45) is 5.73 Å². The number of fused-ring (bicyclic) bond motifs is 4. The molecule has 7 nitrogen and oxygen atoms in total. The van der Waals surface area contributed by atoms with Crippen molar-refractivity contribution >= 4 is 33.4 Å². The lowest BCUT2D eigenvalue weighted by Crippen LogP contribution is -2.43. The number of carbonyl (C=O) groups excluding carboxylic acids is 1. The van der Waals surface area contributed by atoms with Gasteiger partial charge in [0.2, 0.25) is 11.8 Å². The first kappa shape index (κ1) is 16.7. The third-order valence-corrected chi connectivity index (χ3v) is 5.24. The first-order chi connectivity index (χ1) is 12.5. The van der Waals surface area contributed by atoms with Crippen molar-refractivity contribution < 1.29 is 9.21 Å². The number of rotatable bonds is 3. The monoisotopic (exact) mass is 413 g/mol. The van der Waals surface area contributed by atoms with Crippen molar-refractivity contribution in [1.82, 2.24) is 4.98 Å². The van der Waals surface area contributed by atoms with Gasteiger partial charge in [-0.05, 0) is 24.6 Å². The van der Waals surface area contributed by atoms with Crippen molar-refractivity contribution in [2.45, 2.75) is 31.6 Å². The van der Waals surface area contributed by atoms with Crippen LogP contribution in [-0.2, 0) is 16.6 Å². The van der Waals surface area contributed by atoms with Gasteiger partial charge in [-0.3, -0.25) is 4.79 Å². The molecule has 1 amide bonds. The molecule has 8 heteroatoms. The van der Waals surface area contributed by atoms with Gasteiger partial charge in [-0.25, -0.2) is 4.98 Å². The number of aromatic nitrogens is 1. The Balaban J connectivity index is 2.01. The molecule has 1 aromatic carbocycles. The van der Waals surface area contributed by atoms with Crippen LogP contribution in [0.1, 0.15) is 36.9 Å². The number of carbonyl (C=O) groups is 1. The van der Waals surface area contributed by atoms with Gasteiger partial charge in [0, 0.05) is 22.1 Å². The second-order valence-electron chi connectivity index (χ2n) is 6.31. The van der Waals surface area contributed by atoms with Crippen molar-refractivity contribution in [1.29, 1.82) is 5.26 Å². The molecule has 0 saturated carbocycles. The largest absolute Gasteiger partial charge is 0.425 e. The van der Waals surface area contributed by atoms with Gasteiger partial charge in [0.25, 0.3) is 0 Å². The molecule has 2 aliphatic rings. The standard InChI is InChI=1S/C18H16BrN5O2/c1-2-3-4-13-23-14-16(26-13)24-15(21)11(8-20)18(14)10-7-9(19)5-6-12(10)22-17(18)25/h5-7,24H,2-4,21H2,1H3,(H,22,25). The number of hydrogen-bond acceptors (Lipinski definition) is 6. The highest BCUT2D eigenvalue weighted by atomic mass is 79.9. The maximum Gasteiger partial charge on any atom is 0.246 e. The first-order valence-corrected chi connectivity index (χ1v) is 9.10. The van der Waals surface area contributed by atoms with Crippen LogP contribution in [0.3, 0.4) is 0 Å². The maximum atomic E-state index is 13.1. The lowest BCUT2D eigenvalue weighted by molar-refractivity contribution is -0.118. The number of amides is 1. The van der Waals surface area contributed by atoms with Crippen LogP contribution in [-0.4, -0.2) is 10.9 Å². The molecule has 4 N–H and O–H groups in total. The molecular weight excluding hydrogens is 398 g/mol. The molecule has 1 unspecified atom stereocenters. The van der Waals surface area contributed by atoms with Crippen LogP contribution < -0.4 is 16.4 Å². The van der Waals surface area contributed by atoms with E-state index in [-0.39, 0.29) is 17.3 Å². The zero-order valence-electron chi connectivity index (χ0n) is 14.0. The molecule has 0 fully saturated rings. The number of benzene rings is 1. The van der Waals surface area contributed by atoms with E-state index in [4.69, 9.17) is 10.2 Å². The second-order valence-corrected chi connectivity index (χ2v) is 7.22. The van der Waals surface area contributed by atoms with Crippen LogP contribution in [0.5, 0.6) is 0 Å². The van der Waals surface area contributed by atoms with Gasteiger partial charge in [-0.15, -0.1) is 0 Å². The Kier molecular flexibility index (Phi) is 3.77. The van der Waals surface area contributed by atoms with E-state index in [1.807, 2.05) is 12.1 Å². The number of oxazole rings is 1.